The van der Waals surface area contributed by atoms with Crippen LogP contribution in [0.1, 0.15) is 27.0 Å². The minimum absolute atomic E-state index is 0.204. The highest BCUT2D eigenvalue weighted by molar-refractivity contribution is 6.04. The van der Waals surface area contributed by atoms with Crippen LogP contribution in [-0.2, 0) is 13.0 Å². The second kappa shape index (κ2) is 5.66. The van der Waals surface area contributed by atoms with Crippen molar-refractivity contribution in [2.45, 2.75) is 19.9 Å². The van der Waals surface area contributed by atoms with Crippen LogP contribution < -0.4 is 10.6 Å². The average molecular weight is 284 g/mol. The topological polar surface area (TPSA) is 41.1 Å². The van der Waals surface area contributed by atoms with Gasteiger partial charge in [0.05, 0.1) is 0 Å². The molecule has 0 atom stereocenters. The van der Waals surface area contributed by atoms with Gasteiger partial charge in [0.2, 0.25) is 0 Å². The number of carbonyl (C=O) groups excluding carboxylic acids is 1. The first-order valence-electron chi connectivity index (χ1n) is 7.04. The summed E-state index contributed by atoms with van der Waals surface area (Å²) in [4.78, 5) is 12.3. The fourth-order valence-corrected chi connectivity index (χ4v) is 2.63. The molecular formula is C17H17FN2O. The van der Waals surface area contributed by atoms with Crippen LogP contribution in [0.15, 0.2) is 36.4 Å². The Labute approximate surface area is 123 Å². The van der Waals surface area contributed by atoms with Crippen molar-refractivity contribution in [1.82, 2.24) is 5.32 Å². The lowest BCUT2D eigenvalue weighted by atomic mass is 9.99. The number of carbonyl (C=O) groups is 1. The number of halogens is 1. The number of anilines is 1. The van der Waals surface area contributed by atoms with Crippen molar-refractivity contribution in [3.63, 3.8) is 0 Å². The molecule has 2 aromatic rings. The average Bonchev–Trinajstić information content (AvgIpc) is 2.50. The maximum absolute atomic E-state index is 13.3. The first kappa shape index (κ1) is 13.8. The van der Waals surface area contributed by atoms with Crippen molar-refractivity contribution >= 4 is 11.6 Å². The summed E-state index contributed by atoms with van der Waals surface area (Å²) in [6.45, 7) is 3.40. The molecule has 0 spiro atoms. The SMILES string of the molecule is Cc1cc(C(=O)Nc2cccc3c2CCNC3)ccc1F. The summed E-state index contributed by atoms with van der Waals surface area (Å²) in [5.74, 6) is -0.500. The van der Waals surface area contributed by atoms with Gasteiger partial charge in [0, 0.05) is 17.8 Å². The Morgan fingerprint density at radius 2 is 2.14 bits per heavy atom. The molecule has 0 aliphatic carbocycles. The minimum Gasteiger partial charge on any atom is -0.322 e. The van der Waals surface area contributed by atoms with Gasteiger partial charge in [0.25, 0.3) is 5.91 Å². The molecule has 3 rings (SSSR count). The lowest BCUT2D eigenvalue weighted by Crippen LogP contribution is -2.25. The van der Waals surface area contributed by atoms with Gasteiger partial charge in [-0.1, -0.05) is 12.1 Å². The van der Waals surface area contributed by atoms with E-state index in [4.69, 9.17) is 0 Å². The van der Waals surface area contributed by atoms with Crippen LogP contribution in [0.25, 0.3) is 0 Å². The molecule has 0 aromatic heterocycles. The number of aryl methyl sites for hydroxylation is 1. The Morgan fingerprint density at radius 1 is 1.29 bits per heavy atom. The molecule has 1 aliphatic heterocycles. The van der Waals surface area contributed by atoms with Crippen molar-refractivity contribution < 1.29 is 9.18 Å². The first-order chi connectivity index (χ1) is 10.1. The van der Waals surface area contributed by atoms with Crippen molar-refractivity contribution in [3.05, 3.63) is 64.5 Å². The zero-order valence-electron chi connectivity index (χ0n) is 11.9. The molecule has 2 N–H and O–H groups in total. The van der Waals surface area contributed by atoms with Gasteiger partial charge in [-0.15, -0.1) is 0 Å². The summed E-state index contributed by atoms with van der Waals surface area (Å²) in [6, 6.07) is 10.3. The highest BCUT2D eigenvalue weighted by Crippen LogP contribution is 2.23. The number of benzene rings is 2. The number of hydrogen-bond acceptors (Lipinski definition) is 2. The molecule has 0 saturated heterocycles. The Bertz CT molecular complexity index is 697. The van der Waals surface area contributed by atoms with E-state index in [1.807, 2.05) is 12.1 Å². The molecule has 2 aromatic carbocycles. The van der Waals surface area contributed by atoms with E-state index in [9.17, 15) is 9.18 Å². The first-order valence-corrected chi connectivity index (χ1v) is 7.04. The summed E-state index contributed by atoms with van der Waals surface area (Å²) < 4.78 is 13.3. The third-order valence-corrected chi connectivity index (χ3v) is 3.81. The molecule has 0 radical (unpaired) electrons. The third kappa shape index (κ3) is 2.81. The molecule has 108 valence electrons. The third-order valence-electron chi connectivity index (χ3n) is 3.81. The zero-order chi connectivity index (χ0) is 14.8. The van der Waals surface area contributed by atoms with Crippen LogP contribution >= 0.6 is 0 Å². The molecule has 1 heterocycles. The summed E-state index contributed by atoms with van der Waals surface area (Å²) in [6.07, 6.45) is 0.897. The molecule has 0 unspecified atom stereocenters. The molecule has 0 fully saturated rings. The number of hydrogen-bond donors (Lipinski definition) is 2. The summed E-state index contributed by atoms with van der Waals surface area (Å²) in [7, 11) is 0. The summed E-state index contributed by atoms with van der Waals surface area (Å²) >= 11 is 0. The lowest BCUT2D eigenvalue weighted by molar-refractivity contribution is 0.102. The van der Waals surface area contributed by atoms with E-state index in [2.05, 4.69) is 16.7 Å². The fourth-order valence-electron chi connectivity index (χ4n) is 2.63. The molecule has 21 heavy (non-hydrogen) atoms. The monoisotopic (exact) mass is 284 g/mol. The highest BCUT2D eigenvalue weighted by atomic mass is 19.1. The quantitative estimate of drug-likeness (QED) is 0.890. The van der Waals surface area contributed by atoms with Crippen LogP contribution in [0, 0.1) is 12.7 Å². The van der Waals surface area contributed by atoms with Crippen molar-refractivity contribution in [2.75, 3.05) is 11.9 Å². The van der Waals surface area contributed by atoms with Gasteiger partial charge in [-0.25, -0.2) is 4.39 Å². The van der Waals surface area contributed by atoms with E-state index in [0.717, 1.165) is 25.2 Å². The predicted octanol–water partition coefficient (Wildman–Crippen LogP) is 3.03. The normalized spacial score (nSPS) is 13.6. The predicted molar refractivity (Wildman–Crippen MR) is 80.9 cm³/mol. The van der Waals surface area contributed by atoms with Crippen LogP contribution in [0.3, 0.4) is 0 Å². The van der Waals surface area contributed by atoms with Crippen LogP contribution in [0.5, 0.6) is 0 Å². The number of nitrogens with one attached hydrogen (secondary N) is 2. The Kier molecular flexibility index (Phi) is 3.71. The maximum Gasteiger partial charge on any atom is 0.255 e. The van der Waals surface area contributed by atoms with E-state index in [1.54, 1.807) is 13.0 Å². The zero-order valence-corrected chi connectivity index (χ0v) is 11.9. The van der Waals surface area contributed by atoms with Crippen LogP contribution in [0.2, 0.25) is 0 Å². The molecule has 3 nitrogen and oxygen atoms in total. The van der Waals surface area contributed by atoms with Crippen molar-refractivity contribution in [2.24, 2.45) is 0 Å². The van der Waals surface area contributed by atoms with Gasteiger partial charge in [-0.05, 0) is 60.8 Å². The largest absolute Gasteiger partial charge is 0.322 e. The standard InChI is InChI=1S/C17H17FN2O/c1-11-9-12(5-6-15(11)18)17(21)20-16-4-2-3-13-10-19-8-7-14(13)16/h2-6,9,19H,7-8,10H2,1H3,(H,20,21). The molecule has 0 bridgehead atoms. The van der Waals surface area contributed by atoms with Gasteiger partial charge in [0.1, 0.15) is 5.82 Å². The van der Waals surface area contributed by atoms with Crippen molar-refractivity contribution in [1.29, 1.82) is 0 Å². The summed E-state index contributed by atoms with van der Waals surface area (Å²) in [5, 5.41) is 6.26. The molecule has 1 aliphatic rings. The summed E-state index contributed by atoms with van der Waals surface area (Å²) in [5.41, 5.74) is 4.20. The van der Waals surface area contributed by atoms with Gasteiger partial charge >= 0.3 is 0 Å². The molecule has 1 amide bonds. The van der Waals surface area contributed by atoms with Crippen molar-refractivity contribution in [3.8, 4) is 0 Å². The maximum atomic E-state index is 13.3. The Balaban J connectivity index is 1.86. The highest BCUT2D eigenvalue weighted by Gasteiger charge is 2.15. The van der Waals surface area contributed by atoms with Crippen LogP contribution in [-0.4, -0.2) is 12.5 Å². The van der Waals surface area contributed by atoms with E-state index in [0.29, 0.717) is 11.1 Å². The van der Waals surface area contributed by atoms with Gasteiger partial charge in [0.15, 0.2) is 0 Å². The number of amides is 1. The Hall–Kier alpha value is -2.20. The van der Waals surface area contributed by atoms with E-state index in [1.165, 1.54) is 23.3 Å². The molecular weight excluding hydrogens is 267 g/mol. The van der Waals surface area contributed by atoms with Crippen LogP contribution in [0.4, 0.5) is 10.1 Å². The molecule has 4 heteroatoms. The minimum atomic E-state index is -0.297. The number of fused-ring (bicyclic) bond motifs is 1. The Morgan fingerprint density at radius 3 is 2.95 bits per heavy atom. The van der Waals surface area contributed by atoms with E-state index in [-0.39, 0.29) is 11.7 Å². The number of rotatable bonds is 2. The van der Waals surface area contributed by atoms with E-state index < -0.39 is 0 Å². The van der Waals surface area contributed by atoms with E-state index >= 15 is 0 Å². The lowest BCUT2D eigenvalue weighted by Gasteiger charge is -2.20. The fraction of sp³-hybridized carbons (Fsp3) is 0.235. The van der Waals surface area contributed by atoms with Gasteiger partial charge in [-0.2, -0.15) is 0 Å². The second-order valence-electron chi connectivity index (χ2n) is 5.29. The smallest absolute Gasteiger partial charge is 0.255 e. The molecule has 0 saturated carbocycles. The van der Waals surface area contributed by atoms with Gasteiger partial charge in [-0.3, -0.25) is 4.79 Å². The second-order valence-corrected chi connectivity index (χ2v) is 5.29. The van der Waals surface area contributed by atoms with Gasteiger partial charge < -0.3 is 10.6 Å².